The number of rotatable bonds is 5. The van der Waals surface area contributed by atoms with Crippen molar-refractivity contribution in [2.45, 2.75) is 19.9 Å². The number of aryl methyl sites for hydroxylation is 1. The maximum absolute atomic E-state index is 5.26. The highest BCUT2D eigenvalue weighted by Gasteiger charge is 2.18. The summed E-state index contributed by atoms with van der Waals surface area (Å²) in [5.74, 6) is 1.90. The lowest BCUT2D eigenvalue weighted by Crippen LogP contribution is -2.46. The molecule has 6 nitrogen and oxygen atoms in total. The van der Waals surface area contributed by atoms with Gasteiger partial charge in [-0.1, -0.05) is 6.92 Å². The van der Waals surface area contributed by atoms with E-state index in [-0.39, 0.29) is 0 Å². The van der Waals surface area contributed by atoms with Crippen molar-refractivity contribution >= 4 is 5.82 Å². The lowest BCUT2D eigenvalue weighted by molar-refractivity contribution is 0.246. The van der Waals surface area contributed by atoms with Crippen LogP contribution in [0.4, 0.5) is 5.82 Å². The van der Waals surface area contributed by atoms with Crippen LogP contribution < -0.4 is 9.64 Å². The Morgan fingerprint density at radius 3 is 2.61 bits per heavy atom. The largest absolute Gasteiger partial charge is 0.497 e. The summed E-state index contributed by atoms with van der Waals surface area (Å²) < 4.78 is 5.26. The van der Waals surface area contributed by atoms with Crippen LogP contribution in [0.2, 0.25) is 0 Å². The van der Waals surface area contributed by atoms with E-state index in [2.05, 4.69) is 37.7 Å². The lowest BCUT2D eigenvalue weighted by Gasteiger charge is -2.35. The molecule has 3 heterocycles. The molecule has 0 spiro atoms. The quantitative estimate of drug-likeness (QED) is 0.838. The summed E-state index contributed by atoms with van der Waals surface area (Å²) in [4.78, 5) is 17.9. The van der Waals surface area contributed by atoms with Gasteiger partial charge in [0.1, 0.15) is 17.9 Å². The Labute approximate surface area is 137 Å². The van der Waals surface area contributed by atoms with Gasteiger partial charge in [0.15, 0.2) is 0 Å². The Bertz CT molecular complexity index is 640. The molecule has 0 aromatic carbocycles. The summed E-state index contributed by atoms with van der Waals surface area (Å²) in [6.07, 6.45) is 4.41. The summed E-state index contributed by atoms with van der Waals surface area (Å²) >= 11 is 0. The highest BCUT2D eigenvalue weighted by molar-refractivity contribution is 5.39. The number of aromatic nitrogens is 3. The molecule has 6 heteroatoms. The summed E-state index contributed by atoms with van der Waals surface area (Å²) in [6, 6.07) is 5.98. The van der Waals surface area contributed by atoms with E-state index >= 15 is 0 Å². The normalized spacial score (nSPS) is 15.7. The second-order valence-corrected chi connectivity index (χ2v) is 5.67. The van der Waals surface area contributed by atoms with Crippen LogP contribution in [0.1, 0.15) is 18.3 Å². The van der Waals surface area contributed by atoms with Gasteiger partial charge in [0, 0.05) is 56.7 Å². The van der Waals surface area contributed by atoms with Crippen LogP contribution >= 0.6 is 0 Å². The molecule has 0 bridgehead atoms. The number of methoxy groups -OCH3 is 1. The predicted octanol–water partition coefficient (Wildman–Crippen LogP) is 1.76. The fraction of sp³-hybridized carbons (Fsp3) is 0.471. The molecule has 1 aliphatic heterocycles. The van der Waals surface area contributed by atoms with Gasteiger partial charge in [-0.25, -0.2) is 9.97 Å². The van der Waals surface area contributed by atoms with E-state index in [4.69, 9.17) is 4.74 Å². The molecule has 0 radical (unpaired) electrons. The van der Waals surface area contributed by atoms with Crippen molar-refractivity contribution in [1.29, 1.82) is 0 Å². The first-order chi connectivity index (χ1) is 11.3. The van der Waals surface area contributed by atoms with Gasteiger partial charge in [0.2, 0.25) is 0 Å². The average Bonchev–Trinajstić information content (AvgIpc) is 2.62. The molecule has 0 aliphatic carbocycles. The molecule has 23 heavy (non-hydrogen) atoms. The zero-order valence-electron chi connectivity index (χ0n) is 13.8. The highest BCUT2D eigenvalue weighted by atomic mass is 16.5. The third kappa shape index (κ3) is 3.96. The monoisotopic (exact) mass is 313 g/mol. The Kier molecular flexibility index (Phi) is 5.02. The highest BCUT2D eigenvalue weighted by Crippen LogP contribution is 2.16. The minimum Gasteiger partial charge on any atom is -0.497 e. The standard InChI is InChI=1S/C17H23N5O/c1-3-14-11-17(20-13-19-14)22-8-6-21(7-9-22)12-15-10-16(23-2)4-5-18-15/h4-5,10-11,13H,3,6-9,12H2,1-2H3. The molecule has 0 amide bonds. The number of ether oxygens (including phenoxy) is 1. The summed E-state index contributed by atoms with van der Waals surface area (Å²) in [5.41, 5.74) is 2.14. The van der Waals surface area contributed by atoms with Gasteiger partial charge in [0.05, 0.1) is 12.8 Å². The molecule has 122 valence electrons. The van der Waals surface area contributed by atoms with Crippen LogP contribution in [-0.4, -0.2) is 53.1 Å². The van der Waals surface area contributed by atoms with Crippen molar-refractivity contribution in [3.63, 3.8) is 0 Å². The zero-order chi connectivity index (χ0) is 16.1. The van der Waals surface area contributed by atoms with Crippen molar-refractivity contribution in [2.24, 2.45) is 0 Å². The van der Waals surface area contributed by atoms with Crippen LogP contribution in [-0.2, 0) is 13.0 Å². The number of hydrogen-bond acceptors (Lipinski definition) is 6. The van der Waals surface area contributed by atoms with Crippen LogP contribution in [0.25, 0.3) is 0 Å². The first-order valence-electron chi connectivity index (χ1n) is 8.05. The van der Waals surface area contributed by atoms with Gasteiger partial charge in [-0.3, -0.25) is 9.88 Å². The second kappa shape index (κ2) is 7.37. The molecule has 1 saturated heterocycles. The van der Waals surface area contributed by atoms with Crippen LogP contribution in [0, 0.1) is 0 Å². The molecule has 2 aromatic rings. The minimum absolute atomic E-state index is 0.856. The van der Waals surface area contributed by atoms with Gasteiger partial charge in [0.25, 0.3) is 0 Å². The smallest absolute Gasteiger partial charge is 0.132 e. The van der Waals surface area contributed by atoms with Crippen molar-refractivity contribution in [3.05, 3.63) is 42.1 Å². The van der Waals surface area contributed by atoms with E-state index in [1.807, 2.05) is 12.1 Å². The zero-order valence-corrected chi connectivity index (χ0v) is 13.8. The van der Waals surface area contributed by atoms with Crippen molar-refractivity contribution in [2.75, 3.05) is 38.2 Å². The molecular weight excluding hydrogens is 290 g/mol. The molecule has 1 aliphatic rings. The van der Waals surface area contributed by atoms with Gasteiger partial charge in [-0.2, -0.15) is 0 Å². The van der Waals surface area contributed by atoms with E-state index in [0.29, 0.717) is 0 Å². The van der Waals surface area contributed by atoms with E-state index in [0.717, 1.165) is 62.1 Å². The first kappa shape index (κ1) is 15.7. The Morgan fingerprint density at radius 2 is 1.87 bits per heavy atom. The van der Waals surface area contributed by atoms with Crippen LogP contribution in [0.3, 0.4) is 0 Å². The van der Waals surface area contributed by atoms with E-state index in [9.17, 15) is 0 Å². The first-order valence-corrected chi connectivity index (χ1v) is 8.05. The third-order valence-electron chi connectivity index (χ3n) is 4.18. The fourth-order valence-corrected chi connectivity index (χ4v) is 2.79. The van der Waals surface area contributed by atoms with Gasteiger partial charge in [-0.05, 0) is 12.5 Å². The van der Waals surface area contributed by atoms with Crippen molar-refractivity contribution < 1.29 is 4.74 Å². The maximum Gasteiger partial charge on any atom is 0.132 e. The van der Waals surface area contributed by atoms with Crippen molar-refractivity contribution in [3.8, 4) is 5.75 Å². The molecule has 0 saturated carbocycles. The Hall–Kier alpha value is -2.21. The summed E-state index contributed by atoms with van der Waals surface area (Å²) in [7, 11) is 1.68. The number of nitrogens with zero attached hydrogens (tertiary/aromatic N) is 5. The minimum atomic E-state index is 0.856. The second-order valence-electron chi connectivity index (χ2n) is 5.67. The third-order valence-corrected chi connectivity index (χ3v) is 4.18. The van der Waals surface area contributed by atoms with E-state index in [1.165, 1.54) is 0 Å². The molecule has 0 N–H and O–H groups in total. The number of piperazine rings is 1. The van der Waals surface area contributed by atoms with Gasteiger partial charge in [-0.15, -0.1) is 0 Å². The number of pyridine rings is 1. The van der Waals surface area contributed by atoms with Gasteiger partial charge < -0.3 is 9.64 Å². The van der Waals surface area contributed by atoms with E-state index < -0.39 is 0 Å². The summed E-state index contributed by atoms with van der Waals surface area (Å²) in [5, 5.41) is 0. The molecule has 2 aromatic heterocycles. The Balaban J connectivity index is 1.57. The topological polar surface area (TPSA) is 54.4 Å². The van der Waals surface area contributed by atoms with Crippen LogP contribution in [0.15, 0.2) is 30.7 Å². The van der Waals surface area contributed by atoms with Crippen molar-refractivity contribution in [1.82, 2.24) is 19.9 Å². The number of anilines is 1. The van der Waals surface area contributed by atoms with Crippen LogP contribution in [0.5, 0.6) is 5.75 Å². The molecular formula is C17H23N5O. The van der Waals surface area contributed by atoms with E-state index in [1.54, 1.807) is 19.6 Å². The average molecular weight is 313 g/mol. The van der Waals surface area contributed by atoms with Gasteiger partial charge >= 0.3 is 0 Å². The molecule has 1 fully saturated rings. The SMILES string of the molecule is CCc1cc(N2CCN(Cc3cc(OC)ccn3)CC2)ncn1. The molecule has 0 unspecified atom stereocenters. The predicted molar refractivity (Wildman–Crippen MR) is 89.7 cm³/mol. The molecule has 0 atom stereocenters. The fourth-order valence-electron chi connectivity index (χ4n) is 2.79. The molecule has 3 rings (SSSR count). The summed E-state index contributed by atoms with van der Waals surface area (Å²) in [6.45, 7) is 6.93. The number of hydrogen-bond donors (Lipinski definition) is 0. The lowest BCUT2D eigenvalue weighted by atomic mass is 10.2. The Morgan fingerprint density at radius 1 is 1.04 bits per heavy atom. The maximum atomic E-state index is 5.26.